The van der Waals surface area contributed by atoms with Crippen LogP contribution in [0.25, 0.3) is 5.65 Å². The van der Waals surface area contributed by atoms with Gasteiger partial charge in [0.15, 0.2) is 0 Å². The largest absolute Gasteiger partial charge is 0.383 e. The van der Waals surface area contributed by atoms with Gasteiger partial charge in [0.25, 0.3) is 0 Å². The minimum absolute atomic E-state index is 0.784. The van der Waals surface area contributed by atoms with E-state index < -0.39 is 0 Å². The Balaban J connectivity index is 2.24. The van der Waals surface area contributed by atoms with Crippen LogP contribution in [-0.2, 0) is 6.42 Å². The Hall–Kier alpha value is -1.16. The second kappa shape index (κ2) is 4.57. The van der Waals surface area contributed by atoms with Crippen LogP contribution in [0, 0.1) is 0 Å². The highest BCUT2D eigenvalue weighted by molar-refractivity contribution is 7.98. The van der Waals surface area contributed by atoms with E-state index in [1.165, 1.54) is 0 Å². The number of nitrogen functional groups attached to an aromatic ring is 1. The second-order valence-electron chi connectivity index (χ2n) is 3.47. The van der Waals surface area contributed by atoms with E-state index in [2.05, 4.69) is 11.2 Å². The number of rotatable bonds is 4. The molecule has 0 radical (unpaired) electrons. The van der Waals surface area contributed by atoms with Crippen LogP contribution < -0.4 is 5.73 Å². The fourth-order valence-electron chi connectivity index (χ4n) is 1.63. The molecule has 0 amide bonds. The Morgan fingerprint density at radius 3 is 3.07 bits per heavy atom. The Bertz CT molecular complexity index is 450. The maximum atomic E-state index is 6.01. The molecule has 0 aliphatic rings. The third-order valence-electron chi connectivity index (χ3n) is 2.41. The number of imidazole rings is 1. The molecule has 80 valence electrons. The monoisotopic (exact) mass is 221 g/mol. The van der Waals surface area contributed by atoms with Crippen LogP contribution in [0.15, 0.2) is 24.4 Å². The zero-order chi connectivity index (χ0) is 10.7. The van der Waals surface area contributed by atoms with Gasteiger partial charge in [0.1, 0.15) is 11.5 Å². The summed E-state index contributed by atoms with van der Waals surface area (Å²) < 4.78 is 1.94. The van der Waals surface area contributed by atoms with Crippen molar-refractivity contribution in [1.82, 2.24) is 9.38 Å². The van der Waals surface area contributed by atoms with E-state index in [0.717, 1.165) is 35.8 Å². The lowest BCUT2D eigenvalue weighted by atomic mass is 10.2. The summed E-state index contributed by atoms with van der Waals surface area (Å²) >= 11 is 1.86. The predicted octanol–water partition coefficient (Wildman–Crippen LogP) is 2.21. The van der Waals surface area contributed by atoms with Crippen LogP contribution >= 0.6 is 11.8 Å². The Labute approximate surface area is 93.7 Å². The molecule has 4 heteroatoms. The summed E-state index contributed by atoms with van der Waals surface area (Å²) in [6.07, 6.45) is 6.17. The quantitative estimate of drug-likeness (QED) is 0.805. The first-order valence-electron chi connectivity index (χ1n) is 5.03. The maximum Gasteiger partial charge on any atom is 0.138 e. The van der Waals surface area contributed by atoms with Crippen molar-refractivity contribution in [2.24, 2.45) is 0 Å². The molecule has 0 fully saturated rings. The van der Waals surface area contributed by atoms with Gasteiger partial charge in [0, 0.05) is 6.20 Å². The Kier molecular flexibility index (Phi) is 3.16. The highest BCUT2D eigenvalue weighted by Crippen LogP contribution is 2.16. The highest BCUT2D eigenvalue weighted by atomic mass is 32.2. The number of nitrogens with two attached hydrogens (primary N) is 1. The van der Waals surface area contributed by atoms with E-state index in [9.17, 15) is 0 Å². The molecule has 0 aliphatic heterocycles. The summed E-state index contributed by atoms with van der Waals surface area (Å²) in [5.74, 6) is 1.94. The lowest BCUT2D eigenvalue weighted by Crippen LogP contribution is -1.96. The van der Waals surface area contributed by atoms with Crippen LogP contribution in [-0.4, -0.2) is 21.4 Å². The number of anilines is 1. The average molecular weight is 221 g/mol. The molecule has 3 nitrogen and oxygen atoms in total. The molecular weight excluding hydrogens is 206 g/mol. The molecule has 0 saturated carbocycles. The molecule has 2 N–H and O–H groups in total. The van der Waals surface area contributed by atoms with Crippen molar-refractivity contribution in [2.75, 3.05) is 17.7 Å². The standard InChI is InChI=1S/C11H15N3S/c1-15-8-4-5-9-11(12)14-7-3-2-6-10(14)13-9/h2-3,6-7H,4-5,8,12H2,1H3. The van der Waals surface area contributed by atoms with Crippen LogP contribution in [0.4, 0.5) is 5.82 Å². The average Bonchev–Trinajstić information content (AvgIpc) is 2.57. The zero-order valence-corrected chi connectivity index (χ0v) is 9.63. The molecule has 0 aromatic carbocycles. The second-order valence-corrected chi connectivity index (χ2v) is 4.45. The number of thioether (sulfide) groups is 1. The van der Waals surface area contributed by atoms with Gasteiger partial charge in [0.05, 0.1) is 5.69 Å². The van der Waals surface area contributed by atoms with Gasteiger partial charge in [-0.2, -0.15) is 11.8 Å². The number of aryl methyl sites for hydroxylation is 1. The van der Waals surface area contributed by atoms with Crippen LogP contribution in [0.2, 0.25) is 0 Å². The summed E-state index contributed by atoms with van der Waals surface area (Å²) in [5.41, 5.74) is 7.98. The highest BCUT2D eigenvalue weighted by Gasteiger charge is 2.07. The lowest BCUT2D eigenvalue weighted by Gasteiger charge is -1.97. The summed E-state index contributed by atoms with van der Waals surface area (Å²) in [4.78, 5) is 4.51. The Morgan fingerprint density at radius 2 is 2.33 bits per heavy atom. The molecule has 0 aliphatic carbocycles. The molecule has 0 spiro atoms. The molecule has 0 bridgehead atoms. The number of aromatic nitrogens is 2. The molecule has 15 heavy (non-hydrogen) atoms. The van der Waals surface area contributed by atoms with E-state index in [0.29, 0.717) is 0 Å². The number of fused-ring (bicyclic) bond motifs is 1. The molecule has 0 unspecified atom stereocenters. The van der Waals surface area contributed by atoms with Gasteiger partial charge in [0.2, 0.25) is 0 Å². The maximum absolute atomic E-state index is 6.01. The number of nitrogens with zero attached hydrogens (tertiary/aromatic N) is 2. The van der Waals surface area contributed by atoms with Crippen molar-refractivity contribution in [3.8, 4) is 0 Å². The molecule has 2 heterocycles. The van der Waals surface area contributed by atoms with Crippen molar-refractivity contribution in [3.05, 3.63) is 30.1 Å². The van der Waals surface area contributed by atoms with Crippen LogP contribution in [0.5, 0.6) is 0 Å². The number of pyridine rings is 1. The number of hydrogen-bond donors (Lipinski definition) is 1. The molecule has 2 aromatic heterocycles. The van der Waals surface area contributed by atoms with Crippen LogP contribution in [0.1, 0.15) is 12.1 Å². The van der Waals surface area contributed by atoms with Gasteiger partial charge in [-0.1, -0.05) is 6.07 Å². The summed E-state index contributed by atoms with van der Waals surface area (Å²) in [6.45, 7) is 0. The summed E-state index contributed by atoms with van der Waals surface area (Å²) in [5, 5.41) is 0. The van der Waals surface area contributed by atoms with E-state index in [4.69, 9.17) is 5.73 Å². The third-order valence-corrected chi connectivity index (χ3v) is 3.10. The van der Waals surface area contributed by atoms with Gasteiger partial charge in [-0.05, 0) is 37.0 Å². The van der Waals surface area contributed by atoms with Crippen LogP contribution in [0.3, 0.4) is 0 Å². The third kappa shape index (κ3) is 2.09. The summed E-state index contributed by atoms with van der Waals surface area (Å²) in [6, 6.07) is 5.93. The first-order valence-corrected chi connectivity index (χ1v) is 6.42. The fourth-order valence-corrected chi connectivity index (χ4v) is 2.06. The zero-order valence-electron chi connectivity index (χ0n) is 8.81. The molecule has 2 rings (SSSR count). The van der Waals surface area contributed by atoms with Gasteiger partial charge in [-0.15, -0.1) is 0 Å². The molecule has 0 saturated heterocycles. The topological polar surface area (TPSA) is 43.3 Å². The van der Waals surface area contributed by atoms with Crippen molar-refractivity contribution in [2.45, 2.75) is 12.8 Å². The van der Waals surface area contributed by atoms with Crippen molar-refractivity contribution in [3.63, 3.8) is 0 Å². The fraction of sp³-hybridized carbons (Fsp3) is 0.364. The first-order chi connectivity index (χ1) is 7.33. The first kappa shape index (κ1) is 10.4. The van der Waals surface area contributed by atoms with E-state index >= 15 is 0 Å². The van der Waals surface area contributed by atoms with E-state index in [1.807, 2.05) is 40.6 Å². The lowest BCUT2D eigenvalue weighted by molar-refractivity contribution is 0.908. The predicted molar refractivity (Wildman–Crippen MR) is 66.3 cm³/mol. The normalized spacial score (nSPS) is 11.0. The summed E-state index contributed by atoms with van der Waals surface area (Å²) in [7, 11) is 0. The minimum Gasteiger partial charge on any atom is -0.383 e. The molecule has 2 aromatic rings. The number of hydrogen-bond acceptors (Lipinski definition) is 3. The molecular formula is C11H15N3S. The van der Waals surface area contributed by atoms with Crippen molar-refractivity contribution < 1.29 is 0 Å². The smallest absolute Gasteiger partial charge is 0.138 e. The van der Waals surface area contributed by atoms with Gasteiger partial charge >= 0.3 is 0 Å². The van der Waals surface area contributed by atoms with E-state index in [-0.39, 0.29) is 0 Å². The minimum atomic E-state index is 0.784. The SMILES string of the molecule is CSCCCc1nc2ccccn2c1N. The van der Waals surface area contributed by atoms with Crippen molar-refractivity contribution >= 4 is 23.2 Å². The van der Waals surface area contributed by atoms with Gasteiger partial charge in [-0.25, -0.2) is 4.98 Å². The van der Waals surface area contributed by atoms with Crippen molar-refractivity contribution in [1.29, 1.82) is 0 Å². The van der Waals surface area contributed by atoms with Gasteiger partial charge < -0.3 is 5.73 Å². The van der Waals surface area contributed by atoms with E-state index in [1.54, 1.807) is 0 Å². The van der Waals surface area contributed by atoms with Gasteiger partial charge in [-0.3, -0.25) is 4.40 Å². The Morgan fingerprint density at radius 1 is 1.47 bits per heavy atom. The molecule has 0 atom stereocenters.